The lowest BCUT2D eigenvalue weighted by Crippen LogP contribution is -2.51. The van der Waals surface area contributed by atoms with Gasteiger partial charge in [0.05, 0.1) is 0 Å². The predicted molar refractivity (Wildman–Crippen MR) is 124 cm³/mol. The van der Waals surface area contributed by atoms with Crippen LogP contribution in [0.3, 0.4) is 0 Å². The minimum atomic E-state index is -1.42. The number of aromatic nitrogens is 2. The average Bonchev–Trinajstić information content (AvgIpc) is 3.66. The monoisotopic (exact) mass is 467 g/mol. The number of rotatable bonds is 7. The summed E-state index contributed by atoms with van der Waals surface area (Å²) >= 11 is 0. The van der Waals surface area contributed by atoms with E-state index in [0.717, 1.165) is 35.4 Å². The van der Waals surface area contributed by atoms with Crippen LogP contribution >= 0.6 is 0 Å². The van der Waals surface area contributed by atoms with Gasteiger partial charge in [-0.2, -0.15) is 0 Å². The third-order valence-corrected chi connectivity index (χ3v) is 6.20. The maximum Gasteiger partial charge on any atom is 0.394 e. The van der Waals surface area contributed by atoms with Crippen molar-refractivity contribution in [3.63, 3.8) is 0 Å². The predicted octanol–water partition coefficient (Wildman–Crippen LogP) is 1.72. The van der Waals surface area contributed by atoms with Crippen molar-refractivity contribution in [3.8, 4) is 16.9 Å². The highest BCUT2D eigenvalue weighted by atomic mass is 16.5. The van der Waals surface area contributed by atoms with Crippen LogP contribution < -0.4 is 10.1 Å². The molecule has 2 N–H and O–H groups in total. The SMILES string of the molecule is Cc1ncnc(C)c1-c1cc(NC(=O)C2CC2)ccc1OCCN1CCN(C(=O)C(=O)O)CC1. The normalized spacial score (nSPS) is 16.2. The summed E-state index contributed by atoms with van der Waals surface area (Å²) in [6.07, 6.45) is 3.40. The minimum Gasteiger partial charge on any atom is -0.492 e. The maximum absolute atomic E-state index is 12.3. The van der Waals surface area contributed by atoms with Crippen molar-refractivity contribution in [3.05, 3.63) is 35.9 Å². The van der Waals surface area contributed by atoms with Crippen molar-refractivity contribution in [2.24, 2.45) is 5.92 Å². The van der Waals surface area contributed by atoms with Crippen LogP contribution in [0.1, 0.15) is 24.2 Å². The van der Waals surface area contributed by atoms with Crippen LogP contribution in [-0.4, -0.2) is 82.0 Å². The Labute approximate surface area is 197 Å². The lowest BCUT2D eigenvalue weighted by Gasteiger charge is -2.33. The van der Waals surface area contributed by atoms with Gasteiger partial charge in [0.25, 0.3) is 0 Å². The molecule has 2 fully saturated rings. The van der Waals surface area contributed by atoms with Gasteiger partial charge in [-0.15, -0.1) is 0 Å². The number of ether oxygens (including phenoxy) is 1. The number of hydrogen-bond acceptors (Lipinski definition) is 7. The molecule has 180 valence electrons. The molecule has 1 saturated heterocycles. The van der Waals surface area contributed by atoms with Crippen LogP contribution in [0.2, 0.25) is 0 Å². The van der Waals surface area contributed by atoms with Crippen LogP contribution in [0.25, 0.3) is 11.1 Å². The molecule has 10 nitrogen and oxygen atoms in total. The number of nitrogens with one attached hydrogen (secondary N) is 1. The number of carbonyl (C=O) groups excluding carboxylic acids is 2. The molecule has 0 spiro atoms. The third kappa shape index (κ3) is 5.51. The fourth-order valence-corrected chi connectivity index (χ4v) is 4.10. The van der Waals surface area contributed by atoms with E-state index in [1.807, 2.05) is 32.0 Å². The number of aliphatic carboxylic acids is 1. The van der Waals surface area contributed by atoms with E-state index in [9.17, 15) is 14.4 Å². The second-order valence-electron chi connectivity index (χ2n) is 8.68. The highest BCUT2D eigenvalue weighted by Gasteiger charge is 2.30. The largest absolute Gasteiger partial charge is 0.492 e. The number of carbonyl (C=O) groups is 3. The summed E-state index contributed by atoms with van der Waals surface area (Å²) in [6.45, 7) is 6.83. The first-order valence-corrected chi connectivity index (χ1v) is 11.4. The minimum absolute atomic E-state index is 0.0397. The molecule has 2 aliphatic rings. The van der Waals surface area contributed by atoms with E-state index in [2.05, 4.69) is 20.2 Å². The van der Waals surface area contributed by atoms with Gasteiger partial charge >= 0.3 is 11.9 Å². The van der Waals surface area contributed by atoms with Crippen LogP contribution in [-0.2, 0) is 14.4 Å². The van der Waals surface area contributed by atoms with Gasteiger partial charge in [0, 0.05) is 66.8 Å². The number of aryl methyl sites for hydroxylation is 2. The molecule has 0 bridgehead atoms. The molecule has 0 radical (unpaired) electrons. The van der Waals surface area contributed by atoms with Gasteiger partial charge in [-0.3, -0.25) is 14.5 Å². The van der Waals surface area contributed by atoms with Crippen molar-refractivity contribution in [2.45, 2.75) is 26.7 Å². The smallest absolute Gasteiger partial charge is 0.394 e. The first-order valence-electron chi connectivity index (χ1n) is 11.4. The van der Waals surface area contributed by atoms with Crippen molar-refractivity contribution in [2.75, 3.05) is 44.6 Å². The van der Waals surface area contributed by atoms with Gasteiger partial charge in [-0.25, -0.2) is 14.8 Å². The Balaban J connectivity index is 1.44. The number of carboxylic acids is 1. The number of carboxylic acid groups (broad SMARTS) is 1. The van der Waals surface area contributed by atoms with Gasteiger partial charge in [0.15, 0.2) is 0 Å². The maximum atomic E-state index is 12.3. The van der Waals surface area contributed by atoms with E-state index in [4.69, 9.17) is 9.84 Å². The topological polar surface area (TPSA) is 125 Å². The summed E-state index contributed by atoms with van der Waals surface area (Å²) in [4.78, 5) is 46.9. The van der Waals surface area contributed by atoms with Crippen LogP contribution in [0.5, 0.6) is 5.75 Å². The Morgan fingerprint density at radius 3 is 2.38 bits per heavy atom. The van der Waals surface area contributed by atoms with Crippen LogP contribution in [0, 0.1) is 19.8 Å². The van der Waals surface area contributed by atoms with Crippen molar-refractivity contribution < 1.29 is 24.2 Å². The summed E-state index contributed by atoms with van der Waals surface area (Å²) in [6, 6.07) is 5.60. The highest BCUT2D eigenvalue weighted by Crippen LogP contribution is 2.36. The molecular weight excluding hydrogens is 438 g/mol. The molecule has 34 heavy (non-hydrogen) atoms. The highest BCUT2D eigenvalue weighted by molar-refractivity contribution is 6.31. The van der Waals surface area contributed by atoms with Gasteiger partial charge in [0.1, 0.15) is 18.7 Å². The second-order valence-corrected chi connectivity index (χ2v) is 8.68. The first-order chi connectivity index (χ1) is 16.3. The van der Waals surface area contributed by atoms with Crippen LogP contribution in [0.15, 0.2) is 24.5 Å². The Bertz CT molecular complexity index is 1070. The van der Waals surface area contributed by atoms with E-state index in [1.165, 1.54) is 11.2 Å². The van der Waals surface area contributed by atoms with Crippen molar-refractivity contribution >= 4 is 23.5 Å². The first kappa shape index (κ1) is 23.6. The van der Waals surface area contributed by atoms with E-state index in [0.29, 0.717) is 50.8 Å². The summed E-state index contributed by atoms with van der Waals surface area (Å²) in [5.41, 5.74) is 4.05. The van der Waals surface area contributed by atoms with Gasteiger partial charge in [-0.05, 0) is 44.9 Å². The molecule has 1 aromatic carbocycles. The molecule has 0 atom stereocenters. The molecule has 1 aliphatic carbocycles. The lowest BCUT2D eigenvalue weighted by molar-refractivity contribution is -0.156. The molecular formula is C24H29N5O5. The molecule has 1 aliphatic heterocycles. The Hall–Kier alpha value is -3.53. The number of benzene rings is 1. The summed E-state index contributed by atoms with van der Waals surface area (Å²) in [5.74, 6) is -1.46. The Kier molecular flexibility index (Phi) is 7.06. The standard InChI is InChI=1S/C24H29N5O5/c1-15-21(16(2)26-14-25-15)19-13-18(27-22(30)17-3-4-17)5-6-20(19)34-12-11-28-7-9-29(10-8-28)23(31)24(32)33/h5-6,13-14,17H,3-4,7-12H2,1-2H3,(H,27,30)(H,32,33). The Morgan fingerprint density at radius 2 is 1.76 bits per heavy atom. The zero-order chi connectivity index (χ0) is 24.2. The number of amides is 2. The number of nitrogens with zero attached hydrogens (tertiary/aromatic N) is 4. The molecule has 4 rings (SSSR count). The molecule has 1 saturated carbocycles. The van der Waals surface area contributed by atoms with E-state index >= 15 is 0 Å². The zero-order valence-electron chi connectivity index (χ0n) is 19.4. The fourth-order valence-electron chi connectivity index (χ4n) is 4.10. The summed E-state index contributed by atoms with van der Waals surface area (Å²) in [7, 11) is 0. The molecule has 0 unspecified atom stereocenters. The lowest BCUT2D eigenvalue weighted by atomic mass is 10.0. The van der Waals surface area contributed by atoms with Crippen molar-refractivity contribution in [1.29, 1.82) is 0 Å². The summed E-state index contributed by atoms with van der Waals surface area (Å²) < 4.78 is 6.15. The average molecular weight is 468 g/mol. The van der Waals surface area contributed by atoms with E-state index in [-0.39, 0.29) is 11.8 Å². The summed E-state index contributed by atoms with van der Waals surface area (Å²) in [5, 5.41) is 11.9. The number of piperazine rings is 1. The number of anilines is 1. The molecule has 1 aromatic heterocycles. The van der Waals surface area contributed by atoms with E-state index in [1.54, 1.807) is 0 Å². The van der Waals surface area contributed by atoms with E-state index < -0.39 is 11.9 Å². The second kappa shape index (κ2) is 10.2. The Morgan fingerprint density at radius 1 is 1.09 bits per heavy atom. The quantitative estimate of drug-likeness (QED) is 0.590. The van der Waals surface area contributed by atoms with Gasteiger partial charge < -0.3 is 20.1 Å². The third-order valence-electron chi connectivity index (χ3n) is 6.20. The van der Waals surface area contributed by atoms with Crippen molar-refractivity contribution in [1.82, 2.24) is 19.8 Å². The van der Waals surface area contributed by atoms with Gasteiger partial charge in [0.2, 0.25) is 5.91 Å². The van der Waals surface area contributed by atoms with Gasteiger partial charge in [-0.1, -0.05) is 0 Å². The van der Waals surface area contributed by atoms with Crippen LogP contribution in [0.4, 0.5) is 5.69 Å². The zero-order valence-corrected chi connectivity index (χ0v) is 19.4. The molecule has 2 aromatic rings. The molecule has 2 amide bonds. The molecule has 2 heterocycles. The number of hydrogen-bond donors (Lipinski definition) is 2. The fraction of sp³-hybridized carbons (Fsp3) is 0.458. The molecule has 10 heteroatoms.